The molecule has 1 fully saturated rings. The number of likely N-dealkylation sites (tertiary alicyclic amines) is 1. The van der Waals surface area contributed by atoms with E-state index in [2.05, 4.69) is 53.6 Å². The molecule has 0 unspecified atom stereocenters. The van der Waals surface area contributed by atoms with E-state index in [0.717, 1.165) is 81.1 Å². The minimum absolute atomic E-state index is 0.0877. The first-order chi connectivity index (χ1) is 16.1. The van der Waals surface area contributed by atoms with E-state index in [0.29, 0.717) is 5.91 Å². The fourth-order valence-electron chi connectivity index (χ4n) is 4.89. The van der Waals surface area contributed by atoms with Gasteiger partial charge in [0.25, 0.3) is 0 Å². The Balaban J connectivity index is 1.54. The van der Waals surface area contributed by atoms with Crippen molar-refractivity contribution < 1.29 is 9.53 Å². The summed E-state index contributed by atoms with van der Waals surface area (Å²) in [6.07, 6.45) is 3.04. The average molecular weight is 449 g/mol. The average Bonchev–Trinajstić information content (AvgIpc) is 3.19. The molecule has 1 amide bonds. The Morgan fingerprint density at radius 2 is 1.91 bits per heavy atom. The lowest BCUT2D eigenvalue weighted by molar-refractivity contribution is -0.137. The molecule has 1 aliphatic rings. The summed E-state index contributed by atoms with van der Waals surface area (Å²) >= 11 is 0. The van der Waals surface area contributed by atoms with E-state index in [9.17, 15) is 4.79 Å². The van der Waals surface area contributed by atoms with Crippen molar-refractivity contribution in [1.82, 2.24) is 19.4 Å². The molecule has 0 spiro atoms. The standard InChI is InChI=1S/C27H36N4O2/c1-4-16-30(5-2)27(32)22-9-8-17-29(19-22)20-26-28-24-10-6-7-11-25(24)31(26)18-21-12-14-23(33-3)15-13-21/h6-7,10-15,22H,4-5,8-9,16-20H2,1-3H3/t22-/m0/s1. The van der Waals surface area contributed by atoms with Gasteiger partial charge in [-0.15, -0.1) is 0 Å². The number of methoxy groups -OCH3 is 1. The molecule has 176 valence electrons. The van der Waals surface area contributed by atoms with Gasteiger partial charge in [-0.3, -0.25) is 9.69 Å². The smallest absolute Gasteiger partial charge is 0.226 e. The fourth-order valence-corrected chi connectivity index (χ4v) is 4.89. The van der Waals surface area contributed by atoms with Crippen LogP contribution in [-0.2, 0) is 17.9 Å². The molecule has 0 N–H and O–H groups in total. The second-order valence-corrected chi connectivity index (χ2v) is 8.94. The van der Waals surface area contributed by atoms with Crippen molar-refractivity contribution in [2.75, 3.05) is 33.3 Å². The van der Waals surface area contributed by atoms with Gasteiger partial charge in [0.05, 0.1) is 30.6 Å². The van der Waals surface area contributed by atoms with Gasteiger partial charge in [-0.25, -0.2) is 4.98 Å². The summed E-state index contributed by atoms with van der Waals surface area (Å²) in [5.74, 6) is 2.32. The summed E-state index contributed by atoms with van der Waals surface area (Å²) in [6.45, 7) is 9.20. The number of aromatic nitrogens is 2. The normalized spacial score (nSPS) is 16.8. The van der Waals surface area contributed by atoms with E-state index < -0.39 is 0 Å². The zero-order valence-electron chi connectivity index (χ0n) is 20.2. The van der Waals surface area contributed by atoms with Crippen molar-refractivity contribution in [2.24, 2.45) is 5.92 Å². The molecule has 0 radical (unpaired) electrons. The third-order valence-electron chi connectivity index (χ3n) is 6.64. The molecular weight excluding hydrogens is 412 g/mol. The van der Waals surface area contributed by atoms with E-state index >= 15 is 0 Å². The second-order valence-electron chi connectivity index (χ2n) is 8.94. The zero-order chi connectivity index (χ0) is 23.2. The Labute approximate surface area is 197 Å². The van der Waals surface area contributed by atoms with Gasteiger partial charge in [0.15, 0.2) is 0 Å². The van der Waals surface area contributed by atoms with E-state index in [-0.39, 0.29) is 5.92 Å². The number of carbonyl (C=O) groups is 1. The molecule has 3 aromatic rings. The second kappa shape index (κ2) is 10.8. The summed E-state index contributed by atoms with van der Waals surface area (Å²) in [4.78, 5) is 22.5. The van der Waals surface area contributed by atoms with Crippen LogP contribution in [-0.4, -0.2) is 58.5 Å². The highest BCUT2D eigenvalue weighted by atomic mass is 16.5. The number of hydrogen-bond donors (Lipinski definition) is 0. The number of carbonyl (C=O) groups excluding carboxylic acids is 1. The molecule has 0 aliphatic carbocycles. The molecule has 6 nitrogen and oxygen atoms in total. The molecular formula is C27H36N4O2. The minimum Gasteiger partial charge on any atom is -0.497 e. The van der Waals surface area contributed by atoms with Crippen molar-refractivity contribution in [1.29, 1.82) is 0 Å². The number of fused-ring (bicyclic) bond motifs is 1. The van der Waals surface area contributed by atoms with Gasteiger partial charge in [-0.2, -0.15) is 0 Å². The SMILES string of the molecule is CCCN(CC)C(=O)[C@H]1CCCN(Cc2nc3ccccc3n2Cc2ccc(OC)cc2)C1. The lowest BCUT2D eigenvalue weighted by Gasteiger charge is -2.34. The molecule has 4 rings (SSSR count). The van der Waals surface area contributed by atoms with Gasteiger partial charge >= 0.3 is 0 Å². The molecule has 1 atom stereocenters. The van der Waals surface area contributed by atoms with Crippen LogP contribution in [0.3, 0.4) is 0 Å². The van der Waals surface area contributed by atoms with Crippen LogP contribution in [0.4, 0.5) is 0 Å². The van der Waals surface area contributed by atoms with Crippen LogP contribution in [0.5, 0.6) is 5.75 Å². The first-order valence-electron chi connectivity index (χ1n) is 12.2. The van der Waals surface area contributed by atoms with E-state index in [1.54, 1.807) is 7.11 Å². The Bertz CT molecular complexity index is 1060. The maximum Gasteiger partial charge on any atom is 0.226 e. The van der Waals surface area contributed by atoms with Crippen molar-refractivity contribution >= 4 is 16.9 Å². The number of nitrogens with zero attached hydrogens (tertiary/aromatic N) is 4. The van der Waals surface area contributed by atoms with Crippen LogP contribution >= 0.6 is 0 Å². The van der Waals surface area contributed by atoms with E-state index in [1.165, 1.54) is 5.56 Å². The van der Waals surface area contributed by atoms with Crippen LogP contribution in [0.1, 0.15) is 44.5 Å². The van der Waals surface area contributed by atoms with Crippen LogP contribution in [0.2, 0.25) is 0 Å². The van der Waals surface area contributed by atoms with Crippen LogP contribution in [0.25, 0.3) is 11.0 Å². The molecule has 1 saturated heterocycles. The number of para-hydroxylation sites is 2. The third kappa shape index (κ3) is 5.38. The van der Waals surface area contributed by atoms with Crippen molar-refractivity contribution in [2.45, 2.75) is 46.2 Å². The third-order valence-corrected chi connectivity index (χ3v) is 6.64. The number of imidazole rings is 1. The molecule has 1 aromatic heterocycles. The number of amides is 1. The molecule has 2 aromatic carbocycles. The summed E-state index contributed by atoms with van der Waals surface area (Å²) in [7, 11) is 1.69. The number of ether oxygens (including phenoxy) is 1. The van der Waals surface area contributed by atoms with E-state index in [1.807, 2.05) is 23.1 Å². The van der Waals surface area contributed by atoms with Crippen molar-refractivity contribution in [3.05, 3.63) is 59.9 Å². The summed E-state index contributed by atoms with van der Waals surface area (Å²) < 4.78 is 7.63. The molecule has 1 aliphatic heterocycles. The van der Waals surface area contributed by atoms with Gasteiger partial charge in [-0.1, -0.05) is 31.2 Å². The number of benzene rings is 2. The number of piperidine rings is 1. The van der Waals surface area contributed by atoms with Gasteiger partial charge in [0, 0.05) is 26.2 Å². The monoisotopic (exact) mass is 448 g/mol. The van der Waals surface area contributed by atoms with Gasteiger partial charge < -0.3 is 14.2 Å². The van der Waals surface area contributed by atoms with Gasteiger partial charge in [0.1, 0.15) is 11.6 Å². The highest BCUT2D eigenvalue weighted by Crippen LogP contribution is 2.24. The van der Waals surface area contributed by atoms with Crippen LogP contribution < -0.4 is 4.74 Å². The highest BCUT2D eigenvalue weighted by molar-refractivity contribution is 5.79. The maximum absolute atomic E-state index is 13.1. The largest absolute Gasteiger partial charge is 0.497 e. The van der Waals surface area contributed by atoms with E-state index in [4.69, 9.17) is 9.72 Å². The van der Waals surface area contributed by atoms with Crippen molar-refractivity contribution in [3.63, 3.8) is 0 Å². The Kier molecular flexibility index (Phi) is 7.65. The summed E-state index contributed by atoms with van der Waals surface area (Å²) in [5, 5.41) is 0. The van der Waals surface area contributed by atoms with Gasteiger partial charge in [-0.05, 0) is 62.6 Å². The van der Waals surface area contributed by atoms with Crippen LogP contribution in [0, 0.1) is 5.92 Å². The number of rotatable bonds is 9. The van der Waals surface area contributed by atoms with Crippen molar-refractivity contribution in [3.8, 4) is 5.75 Å². The Morgan fingerprint density at radius 1 is 1.12 bits per heavy atom. The minimum atomic E-state index is 0.0877. The topological polar surface area (TPSA) is 50.6 Å². The Hall–Kier alpha value is -2.86. The summed E-state index contributed by atoms with van der Waals surface area (Å²) in [6, 6.07) is 16.6. The first-order valence-corrected chi connectivity index (χ1v) is 12.2. The predicted molar refractivity (Wildman–Crippen MR) is 132 cm³/mol. The molecule has 2 heterocycles. The molecule has 0 saturated carbocycles. The lowest BCUT2D eigenvalue weighted by Crippen LogP contribution is -2.45. The molecule has 6 heteroatoms. The van der Waals surface area contributed by atoms with Crippen LogP contribution in [0.15, 0.2) is 48.5 Å². The van der Waals surface area contributed by atoms with Gasteiger partial charge in [0.2, 0.25) is 5.91 Å². The molecule has 33 heavy (non-hydrogen) atoms. The summed E-state index contributed by atoms with van der Waals surface area (Å²) in [5.41, 5.74) is 3.38. The molecule has 0 bridgehead atoms. The predicted octanol–water partition coefficient (Wildman–Crippen LogP) is 4.56. The fraction of sp³-hybridized carbons (Fsp3) is 0.481. The maximum atomic E-state index is 13.1. The highest BCUT2D eigenvalue weighted by Gasteiger charge is 2.29. The lowest BCUT2D eigenvalue weighted by atomic mass is 9.96. The number of hydrogen-bond acceptors (Lipinski definition) is 4. The first kappa shape index (κ1) is 23.3. The Morgan fingerprint density at radius 3 is 2.64 bits per heavy atom. The quantitative estimate of drug-likeness (QED) is 0.481. The zero-order valence-corrected chi connectivity index (χ0v) is 20.2.